The molecule has 0 aliphatic heterocycles. The number of esters is 1. The molecule has 3 heteroatoms. The maximum atomic E-state index is 11.8. The molecule has 0 aromatic heterocycles. The molecule has 3 saturated carbocycles. The van der Waals surface area contributed by atoms with Crippen LogP contribution in [0.4, 0.5) is 0 Å². The summed E-state index contributed by atoms with van der Waals surface area (Å²) in [6.07, 6.45) is 6.03. The predicted molar refractivity (Wildman–Crippen MR) is 53.7 cm³/mol. The summed E-state index contributed by atoms with van der Waals surface area (Å²) in [5.41, 5.74) is 5.90. The van der Waals surface area contributed by atoms with Crippen molar-refractivity contribution in [1.82, 2.24) is 0 Å². The second-order valence-corrected chi connectivity index (χ2v) is 4.92. The van der Waals surface area contributed by atoms with Crippen LogP contribution in [-0.2, 0) is 9.53 Å². The lowest BCUT2D eigenvalue weighted by atomic mass is 9.57. The van der Waals surface area contributed by atoms with Crippen LogP contribution in [-0.4, -0.2) is 18.1 Å². The van der Waals surface area contributed by atoms with Gasteiger partial charge in [0.2, 0.25) is 0 Å². The Morgan fingerprint density at radius 1 is 1.36 bits per heavy atom. The Labute approximate surface area is 85.0 Å². The summed E-state index contributed by atoms with van der Waals surface area (Å²) in [6.45, 7) is 2.34. The van der Waals surface area contributed by atoms with Gasteiger partial charge in [-0.05, 0) is 32.6 Å². The molecule has 0 saturated heterocycles. The Bertz CT molecular complexity index is 244. The zero-order chi connectivity index (χ0) is 10.2. The molecule has 3 rings (SSSR count). The molecule has 0 heterocycles. The topological polar surface area (TPSA) is 52.3 Å². The van der Waals surface area contributed by atoms with Gasteiger partial charge in [-0.1, -0.05) is 12.8 Å². The van der Waals surface area contributed by atoms with Crippen LogP contribution in [0.25, 0.3) is 0 Å². The van der Waals surface area contributed by atoms with Crippen molar-refractivity contribution in [3.8, 4) is 0 Å². The Morgan fingerprint density at radius 3 is 2.64 bits per heavy atom. The second-order valence-electron chi connectivity index (χ2n) is 4.92. The first-order valence-electron chi connectivity index (χ1n) is 5.56. The minimum Gasteiger partial charge on any atom is -0.466 e. The molecule has 14 heavy (non-hydrogen) atoms. The number of carbonyl (C=O) groups is 1. The van der Waals surface area contributed by atoms with E-state index in [0.29, 0.717) is 6.61 Å². The van der Waals surface area contributed by atoms with E-state index in [2.05, 4.69) is 0 Å². The Balaban J connectivity index is 2.07. The van der Waals surface area contributed by atoms with Gasteiger partial charge in [-0.15, -0.1) is 0 Å². The van der Waals surface area contributed by atoms with E-state index in [0.717, 1.165) is 38.5 Å². The fourth-order valence-corrected chi connectivity index (χ4v) is 3.12. The first kappa shape index (κ1) is 9.97. The third-order valence-electron chi connectivity index (χ3n) is 3.67. The standard InChI is InChI=1S/C11H19NO2/c1-2-14-9(13)10-5-3-4-6-11(12,7-10)8-10/h2-8,12H2,1H3. The Morgan fingerprint density at radius 2 is 2.00 bits per heavy atom. The average molecular weight is 197 g/mol. The SMILES string of the molecule is CCOC(=O)C12CCCCC(N)(C1)C2. The van der Waals surface area contributed by atoms with E-state index in [-0.39, 0.29) is 16.9 Å². The zero-order valence-electron chi connectivity index (χ0n) is 8.84. The molecule has 2 N–H and O–H groups in total. The van der Waals surface area contributed by atoms with E-state index >= 15 is 0 Å². The van der Waals surface area contributed by atoms with E-state index in [1.807, 2.05) is 6.92 Å². The van der Waals surface area contributed by atoms with Gasteiger partial charge in [0.15, 0.2) is 0 Å². The fraction of sp³-hybridized carbons (Fsp3) is 0.909. The summed E-state index contributed by atoms with van der Waals surface area (Å²) < 4.78 is 5.13. The van der Waals surface area contributed by atoms with Gasteiger partial charge < -0.3 is 10.5 Å². The number of fused-ring (bicyclic) bond motifs is 3. The lowest BCUT2D eigenvalue weighted by Crippen LogP contribution is -2.60. The molecule has 80 valence electrons. The molecule has 3 fully saturated rings. The Kier molecular flexibility index (Phi) is 2.30. The van der Waals surface area contributed by atoms with Crippen LogP contribution in [0, 0.1) is 5.41 Å². The summed E-state index contributed by atoms with van der Waals surface area (Å²) in [5.74, 6) is -0.0111. The number of ether oxygens (including phenoxy) is 1. The van der Waals surface area contributed by atoms with Gasteiger partial charge in [-0.3, -0.25) is 4.79 Å². The summed E-state index contributed by atoms with van der Waals surface area (Å²) in [4.78, 5) is 11.8. The van der Waals surface area contributed by atoms with Crippen LogP contribution >= 0.6 is 0 Å². The van der Waals surface area contributed by atoms with Crippen molar-refractivity contribution in [1.29, 1.82) is 0 Å². The van der Waals surface area contributed by atoms with Gasteiger partial charge in [0, 0.05) is 5.54 Å². The van der Waals surface area contributed by atoms with Crippen molar-refractivity contribution in [2.75, 3.05) is 6.61 Å². The maximum absolute atomic E-state index is 11.8. The van der Waals surface area contributed by atoms with Crippen LogP contribution < -0.4 is 5.73 Å². The highest BCUT2D eigenvalue weighted by molar-refractivity contribution is 5.78. The van der Waals surface area contributed by atoms with E-state index in [9.17, 15) is 4.79 Å². The smallest absolute Gasteiger partial charge is 0.312 e. The van der Waals surface area contributed by atoms with Crippen molar-refractivity contribution in [2.24, 2.45) is 11.1 Å². The average Bonchev–Trinajstić information content (AvgIpc) is 2.34. The van der Waals surface area contributed by atoms with Gasteiger partial charge in [-0.25, -0.2) is 0 Å². The second kappa shape index (κ2) is 3.23. The third-order valence-corrected chi connectivity index (χ3v) is 3.67. The quantitative estimate of drug-likeness (QED) is 0.684. The minimum atomic E-state index is -0.207. The van der Waals surface area contributed by atoms with Crippen molar-refractivity contribution in [3.63, 3.8) is 0 Å². The molecule has 3 nitrogen and oxygen atoms in total. The number of carbonyl (C=O) groups excluding carboxylic acids is 1. The van der Waals surface area contributed by atoms with E-state index in [1.165, 1.54) is 0 Å². The van der Waals surface area contributed by atoms with Gasteiger partial charge in [0.1, 0.15) is 0 Å². The van der Waals surface area contributed by atoms with Crippen LogP contribution in [0.5, 0.6) is 0 Å². The normalized spacial score (nSPS) is 41.0. The summed E-state index contributed by atoms with van der Waals surface area (Å²) in [7, 11) is 0. The van der Waals surface area contributed by atoms with Crippen LogP contribution in [0.2, 0.25) is 0 Å². The van der Waals surface area contributed by atoms with Crippen molar-refractivity contribution in [3.05, 3.63) is 0 Å². The molecule has 2 bridgehead atoms. The van der Waals surface area contributed by atoms with Gasteiger partial charge in [0.25, 0.3) is 0 Å². The van der Waals surface area contributed by atoms with E-state index in [1.54, 1.807) is 0 Å². The predicted octanol–water partition coefficient (Wildman–Crippen LogP) is 1.60. The summed E-state index contributed by atoms with van der Waals surface area (Å²) in [5, 5.41) is 0. The van der Waals surface area contributed by atoms with Crippen LogP contribution in [0.15, 0.2) is 0 Å². The lowest BCUT2D eigenvalue weighted by Gasteiger charge is -2.50. The number of hydrogen-bond donors (Lipinski definition) is 1. The largest absolute Gasteiger partial charge is 0.466 e. The molecular weight excluding hydrogens is 178 g/mol. The molecule has 0 atom stereocenters. The molecule has 0 aromatic rings. The highest BCUT2D eigenvalue weighted by Crippen LogP contribution is 2.55. The summed E-state index contributed by atoms with van der Waals surface area (Å²) in [6, 6.07) is 0. The number of rotatable bonds is 2. The highest BCUT2D eigenvalue weighted by atomic mass is 16.5. The molecule has 0 unspecified atom stereocenters. The van der Waals surface area contributed by atoms with Crippen LogP contribution in [0.3, 0.4) is 0 Å². The zero-order valence-corrected chi connectivity index (χ0v) is 8.84. The summed E-state index contributed by atoms with van der Waals surface area (Å²) >= 11 is 0. The maximum Gasteiger partial charge on any atom is 0.312 e. The lowest BCUT2D eigenvalue weighted by molar-refractivity contribution is -0.166. The Hall–Kier alpha value is -0.570. The van der Waals surface area contributed by atoms with Crippen molar-refractivity contribution < 1.29 is 9.53 Å². The molecule has 0 spiro atoms. The molecule has 0 amide bonds. The monoisotopic (exact) mass is 197 g/mol. The first-order chi connectivity index (χ1) is 6.60. The first-order valence-corrected chi connectivity index (χ1v) is 5.56. The van der Waals surface area contributed by atoms with E-state index in [4.69, 9.17) is 10.5 Å². The van der Waals surface area contributed by atoms with Crippen LogP contribution in [0.1, 0.15) is 45.4 Å². The third kappa shape index (κ3) is 1.44. The molecule has 3 aliphatic carbocycles. The fourth-order valence-electron chi connectivity index (χ4n) is 3.12. The van der Waals surface area contributed by atoms with Crippen molar-refractivity contribution >= 4 is 5.97 Å². The molecule has 0 radical (unpaired) electrons. The minimum absolute atomic E-state index is 0.0111. The number of hydrogen-bond acceptors (Lipinski definition) is 3. The molecule has 0 aromatic carbocycles. The van der Waals surface area contributed by atoms with Gasteiger partial charge in [0.05, 0.1) is 12.0 Å². The van der Waals surface area contributed by atoms with Gasteiger partial charge >= 0.3 is 5.97 Å². The molecular formula is C11H19NO2. The highest BCUT2D eigenvalue weighted by Gasteiger charge is 2.58. The van der Waals surface area contributed by atoms with E-state index < -0.39 is 0 Å². The van der Waals surface area contributed by atoms with Gasteiger partial charge in [-0.2, -0.15) is 0 Å². The van der Waals surface area contributed by atoms with Crippen molar-refractivity contribution in [2.45, 2.75) is 51.0 Å². The molecule has 3 aliphatic rings. The number of nitrogens with two attached hydrogens (primary N) is 1.